The van der Waals surface area contributed by atoms with E-state index < -0.39 is 0 Å². The summed E-state index contributed by atoms with van der Waals surface area (Å²) in [4.78, 5) is 6.42. The van der Waals surface area contributed by atoms with Crippen molar-refractivity contribution in [1.29, 1.82) is 0 Å². The largest absolute Gasteiger partial charge is 0.396 e. The molecule has 0 saturated heterocycles. The third-order valence-electron chi connectivity index (χ3n) is 3.63. The van der Waals surface area contributed by atoms with Crippen molar-refractivity contribution in [2.24, 2.45) is 0 Å². The van der Waals surface area contributed by atoms with E-state index >= 15 is 0 Å². The predicted molar refractivity (Wildman–Crippen MR) is 76.2 cm³/mol. The molecule has 0 aromatic carbocycles. The van der Waals surface area contributed by atoms with E-state index in [2.05, 4.69) is 32.9 Å². The van der Waals surface area contributed by atoms with Gasteiger partial charge in [0.2, 0.25) is 0 Å². The Morgan fingerprint density at radius 1 is 1.24 bits per heavy atom. The standard InChI is InChI=1S/C13H20BrN3/c1-17(10-6-4-2-3-5-7-10)13-11(14)8-16-9-12(13)15/h8-10H,2-7,15H2,1H3. The van der Waals surface area contributed by atoms with Crippen molar-refractivity contribution in [3.05, 3.63) is 16.9 Å². The number of pyridine rings is 1. The SMILES string of the molecule is CN(c1c(N)cncc1Br)C1CCCCCC1. The molecule has 17 heavy (non-hydrogen) atoms. The summed E-state index contributed by atoms with van der Waals surface area (Å²) in [5, 5.41) is 0. The fraction of sp³-hybridized carbons (Fsp3) is 0.615. The summed E-state index contributed by atoms with van der Waals surface area (Å²) in [5.41, 5.74) is 7.88. The number of aromatic nitrogens is 1. The lowest BCUT2D eigenvalue weighted by atomic mass is 10.1. The molecule has 0 spiro atoms. The van der Waals surface area contributed by atoms with Crippen molar-refractivity contribution in [2.45, 2.75) is 44.6 Å². The Bertz CT molecular complexity index is 353. The Morgan fingerprint density at radius 3 is 2.47 bits per heavy atom. The smallest absolute Gasteiger partial charge is 0.0775 e. The highest BCUT2D eigenvalue weighted by molar-refractivity contribution is 9.10. The quantitative estimate of drug-likeness (QED) is 0.848. The molecule has 1 saturated carbocycles. The molecule has 0 bridgehead atoms. The molecule has 0 radical (unpaired) electrons. The first kappa shape index (κ1) is 12.7. The minimum atomic E-state index is 0.610. The van der Waals surface area contributed by atoms with Crippen LogP contribution in [0.3, 0.4) is 0 Å². The normalized spacial score (nSPS) is 17.8. The molecule has 0 atom stereocenters. The molecular weight excluding hydrogens is 278 g/mol. The van der Waals surface area contributed by atoms with E-state index in [1.165, 1.54) is 38.5 Å². The molecule has 0 aliphatic heterocycles. The zero-order chi connectivity index (χ0) is 12.3. The van der Waals surface area contributed by atoms with Crippen molar-refractivity contribution in [2.75, 3.05) is 17.7 Å². The number of anilines is 2. The van der Waals surface area contributed by atoms with Crippen molar-refractivity contribution in [3.63, 3.8) is 0 Å². The van der Waals surface area contributed by atoms with Crippen LogP contribution in [0.25, 0.3) is 0 Å². The summed E-state index contributed by atoms with van der Waals surface area (Å²) in [6.07, 6.45) is 11.5. The van der Waals surface area contributed by atoms with Gasteiger partial charge in [-0.05, 0) is 28.8 Å². The average Bonchev–Trinajstić information content (AvgIpc) is 2.57. The number of nitrogens with zero attached hydrogens (tertiary/aromatic N) is 2. The minimum Gasteiger partial charge on any atom is -0.396 e. The fourth-order valence-electron chi connectivity index (χ4n) is 2.64. The van der Waals surface area contributed by atoms with Crippen LogP contribution in [0, 0.1) is 0 Å². The lowest BCUT2D eigenvalue weighted by Crippen LogP contribution is -2.32. The van der Waals surface area contributed by atoms with Crippen LogP contribution in [0.2, 0.25) is 0 Å². The summed E-state index contributed by atoms with van der Waals surface area (Å²) >= 11 is 3.55. The Balaban J connectivity index is 2.20. The van der Waals surface area contributed by atoms with Gasteiger partial charge >= 0.3 is 0 Å². The van der Waals surface area contributed by atoms with Gasteiger partial charge in [-0.15, -0.1) is 0 Å². The summed E-state index contributed by atoms with van der Waals surface area (Å²) < 4.78 is 0.990. The van der Waals surface area contributed by atoms with Crippen molar-refractivity contribution < 1.29 is 0 Å². The third-order valence-corrected chi connectivity index (χ3v) is 4.21. The van der Waals surface area contributed by atoms with Crippen LogP contribution >= 0.6 is 15.9 Å². The minimum absolute atomic E-state index is 0.610. The fourth-order valence-corrected chi connectivity index (χ4v) is 3.27. The zero-order valence-electron chi connectivity index (χ0n) is 10.3. The van der Waals surface area contributed by atoms with E-state index in [-0.39, 0.29) is 0 Å². The molecule has 94 valence electrons. The number of nitrogens with two attached hydrogens (primary N) is 1. The van der Waals surface area contributed by atoms with E-state index in [1.54, 1.807) is 6.20 Å². The zero-order valence-corrected chi connectivity index (χ0v) is 11.9. The molecule has 2 rings (SSSR count). The Kier molecular flexibility index (Phi) is 4.26. The van der Waals surface area contributed by atoms with Gasteiger partial charge in [-0.2, -0.15) is 0 Å². The lowest BCUT2D eigenvalue weighted by molar-refractivity contribution is 0.553. The lowest BCUT2D eigenvalue weighted by Gasteiger charge is -2.30. The van der Waals surface area contributed by atoms with Crippen LogP contribution in [-0.4, -0.2) is 18.1 Å². The summed E-state index contributed by atoms with van der Waals surface area (Å²) in [6.45, 7) is 0. The predicted octanol–water partition coefficient (Wildman–Crippen LogP) is 3.59. The maximum Gasteiger partial charge on any atom is 0.0775 e. The molecule has 1 aromatic heterocycles. The number of halogens is 1. The van der Waals surface area contributed by atoms with Crippen LogP contribution in [-0.2, 0) is 0 Å². The van der Waals surface area contributed by atoms with Crippen LogP contribution < -0.4 is 10.6 Å². The van der Waals surface area contributed by atoms with Gasteiger partial charge in [0.25, 0.3) is 0 Å². The Morgan fingerprint density at radius 2 is 1.88 bits per heavy atom. The van der Waals surface area contributed by atoms with Crippen molar-refractivity contribution in [3.8, 4) is 0 Å². The van der Waals surface area contributed by atoms with Crippen molar-refractivity contribution in [1.82, 2.24) is 4.98 Å². The molecule has 1 aliphatic rings. The number of hydrogen-bond donors (Lipinski definition) is 1. The second kappa shape index (κ2) is 5.71. The van der Waals surface area contributed by atoms with Gasteiger partial charge in [0.1, 0.15) is 0 Å². The van der Waals surface area contributed by atoms with E-state index in [9.17, 15) is 0 Å². The average molecular weight is 298 g/mol. The molecule has 0 amide bonds. The molecule has 1 fully saturated rings. The second-order valence-corrected chi connectivity index (χ2v) is 5.67. The van der Waals surface area contributed by atoms with E-state index in [4.69, 9.17) is 5.73 Å². The number of hydrogen-bond acceptors (Lipinski definition) is 3. The first-order valence-electron chi connectivity index (χ1n) is 6.32. The number of nitrogen functional groups attached to an aromatic ring is 1. The molecule has 0 unspecified atom stereocenters. The second-order valence-electron chi connectivity index (χ2n) is 4.82. The summed E-state index contributed by atoms with van der Waals surface area (Å²) in [5.74, 6) is 0. The van der Waals surface area contributed by atoms with Crippen LogP contribution in [0.4, 0.5) is 11.4 Å². The van der Waals surface area contributed by atoms with Crippen LogP contribution in [0.15, 0.2) is 16.9 Å². The van der Waals surface area contributed by atoms with Crippen molar-refractivity contribution >= 4 is 27.3 Å². The van der Waals surface area contributed by atoms with E-state index in [0.717, 1.165) is 15.8 Å². The molecule has 1 heterocycles. The molecule has 1 aromatic rings. The molecule has 2 N–H and O–H groups in total. The summed E-state index contributed by atoms with van der Waals surface area (Å²) in [6, 6.07) is 0.610. The van der Waals surface area contributed by atoms with Gasteiger partial charge < -0.3 is 10.6 Å². The van der Waals surface area contributed by atoms with E-state index in [1.807, 2.05) is 6.20 Å². The van der Waals surface area contributed by atoms with Gasteiger partial charge in [-0.1, -0.05) is 25.7 Å². The Labute approximate surface area is 112 Å². The van der Waals surface area contributed by atoms with Gasteiger partial charge in [-0.3, -0.25) is 4.98 Å². The highest BCUT2D eigenvalue weighted by Gasteiger charge is 2.20. The Hall–Kier alpha value is -0.770. The highest BCUT2D eigenvalue weighted by Crippen LogP contribution is 2.34. The van der Waals surface area contributed by atoms with Crippen LogP contribution in [0.1, 0.15) is 38.5 Å². The highest BCUT2D eigenvalue weighted by atomic mass is 79.9. The first-order chi connectivity index (χ1) is 8.20. The van der Waals surface area contributed by atoms with Crippen LogP contribution in [0.5, 0.6) is 0 Å². The monoisotopic (exact) mass is 297 g/mol. The maximum absolute atomic E-state index is 6.03. The molecular formula is C13H20BrN3. The first-order valence-corrected chi connectivity index (χ1v) is 7.11. The molecule has 4 heteroatoms. The van der Waals surface area contributed by atoms with Gasteiger partial charge in [0, 0.05) is 19.3 Å². The number of rotatable bonds is 2. The van der Waals surface area contributed by atoms with Gasteiger partial charge in [0.15, 0.2) is 0 Å². The topological polar surface area (TPSA) is 42.1 Å². The van der Waals surface area contributed by atoms with Gasteiger partial charge in [-0.25, -0.2) is 0 Å². The summed E-state index contributed by atoms with van der Waals surface area (Å²) in [7, 11) is 2.15. The third kappa shape index (κ3) is 2.92. The molecule has 1 aliphatic carbocycles. The maximum atomic E-state index is 6.03. The molecule has 3 nitrogen and oxygen atoms in total. The van der Waals surface area contributed by atoms with E-state index in [0.29, 0.717) is 6.04 Å². The van der Waals surface area contributed by atoms with Gasteiger partial charge in [0.05, 0.1) is 22.0 Å².